The maximum absolute atomic E-state index is 13.5. The Balaban J connectivity index is 1.97. The number of carbonyl (C=O) groups excluding carboxylic acids is 2. The van der Waals surface area contributed by atoms with Crippen molar-refractivity contribution < 1.29 is 18.0 Å². The van der Waals surface area contributed by atoms with Gasteiger partial charge in [0.25, 0.3) is 0 Å². The standard InChI is InChI=1S/C24H24BrN3O4S/c1-17(29)26-22-7-3-5-19(13-22)15-28(33(31,32)24-11-9-21(25)10-12-24)16-20-6-4-8-23(14-20)27-18(2)30/h3-14H,15-16H2,1-2H3,(H,26,29)(H,27,30). The number of hydrogen-bond acceptors (Lipinski definition) is 4. The SMILES string of the molecule is CC(=O)Nc1cccc(CN(Cc2cccc(NC(C)=O)c2)S(=O)(=O)c2ccc(Br)cc2)c1. The minimum atomic E-state index is -3.85. The van der Waals surface area contributed by atoms with Crippen molar-refractivity contribution >= 4 is 49.1 Å². The lowest BCUT2D eigenvalue weighted by Gasteiger charge is -2.23. The van der Waals surface area contributed by atoms with Gasteiger partial charge >= 0.3 is 0 Å². The van der Waals surface area contributed by atoms with Crippen molar-refractivity contribution in [2.24, 2.45) is 0 Å². The molecule has 0 radical (unpaired) electrons. The third-order valence-electron chi connectivity index (χ3n) is 4.66. The molecule has 7 nitrogen and oxygen atoms in total. The van der Waals surface area contributed by atoms with Crippen molar-refractivity contribution in [3.05, 3.63) is 88.4 Å². The van der Waals surface area contributed by atoms with Crippen LogP contribution in [-0.2, 0) is 32.7 Å². The molecule has 0 aliphatic carbocycles. The fourth-order valence-corrected chi connectivity index (χ4v) is 4.97. The van der Waals surface area contributed by atoms with Gasteiger partial charge in [0.2, 0.25) is 21.8 Å². The summed E-state index contributed by atoms with van der Waals surface area (Å²) in [5, 5.41) is 5.44. The molecule has 3 aromatic carbocycles. The monoisotopic (exact) mass is 529 g/mol. The fraction of sp³-hybridized carbons (Fsp3) is 0.167. The first kappa shape index (κ1) is 24.6. The highest BCUT2D eigenvalue weighted by molar-refractivity contribution is 9.10. The Morgan fingerprint density at radius 3 is 1.67 bits per heavy atom. The minimum Gasteiger partial charge on any atom is -0.326 e. The van der Waals surface area contributed by atoms with Gasteiger partial charge in [-0.3, -0.25) is 9.59 Å². The number of sulfonamides is 1. The van der Waals surface area contributed by atoms with E-state index in [1.165, 1.54) is 18.2 Å². The summed E-state index contributed by atoms with van der Waals surface area (Å²) in [6.45, 7) is 3.02. The molecule has 3 aromatic rings. The Kier molecular flexibility index (Phi) is 8.01. The van der Waals surface area contributed by atoms with E-state index in [2.05, 4.69) is 26.6 Å². The van der Waals surface area contributed by atoms with Crippen molar-refractivity contribution in [2.45, 2.75) is 31.8 Å². The summed E-state index contributed by atoms with van der Waals surface area (Å²) in [6, 6.07) is 20.6. The number of halogens is 1. The molecule has 0 aromatic heterocycles. The molecule has 2 amide bonds. The number of nitrogens with one attached hydrogen (secondary N) is 2. The van der Waals surface area contributed by atoms with Gasteiger partial charge in [-0.05, 0) is 59.7 Å². The number of benzene rings is 3. The highest BCUT2D eigenvalue weighted by atomic mass is 79.9. The smallest absolute Gasteiger partial charge is 0.243 e. The summed E-state index contributed by atoms with van der Waals surface area (Å²) in [4.78, 5) is 23.0. The van der Waals surface area contributed by atoms with Gasteiger partial charge in [0.05, 0.1) is 4.90 Å². The average Bonchev–Trinajstić information content (AvgIpc) is 2.73. The fourth-order valence-electron chi connectivity index (χ4n) is 3.29. The van der Waals surface area contributed by atoms with Gasteiger partial charge < -0.3 is 10.6 Å². The van der Waals surface area contributed by atoms with E-state index >= 15 is 0 Å². The predicted molar refractivity (Wildman–Crippen MR) is 132 cm³/mol. The normalized spacial score (nSPS) is 11.3. The van der Waals surface area contributed by atoms with E-state index in [1.807, 2.05) is 12.1 Å². The molecule has 3 rings (SSSR count). The van der Waals surface area contributed by atoms with Gasteiger partial charge in [0, 0.05) is 42.8 Å². The maximum atomic E-state index is 13.5. The Labute approximate surface area is 202 Å². The third-order valence-corrected chi connectivity index (χ3v) is 7.00. The first-order valence-corrected chi connectivity index (χ1v) is 12.4. The van der Waals surface area contributed by atoms with Crippen molar-refractivity contribution in [2.75, 3.05) is 10.6 Å². The van der Waals surface area contributed by atoms with Crippen molar-refractivity contribution in [3.8, 4) is 0 Å². The second kappa shape index (κ2) is 10.7. The molecule has 9 heteroatoms. The van der Waals surface area contributed by atoms with Gasteiger partial charge in [-0.2, -0.15) is 4.31 Å². The lowest BCUT2D eigenvalue weighted by atomic mass is 10.1. The minimum absolute atomic E-state index is 0.0934. The quantitative estimate of drug-likeness (QED) is 0.439. The van der Waals surface area contributed by atoms with Crippen LogP contribution in [-0.4, -0.2) is 24.5 Å². The summed E-state index contributed by atoms with van der Waals surface area (Å²) >= 11 is 3.33. The van der Waals surface area contributed by atoms with Gasteiger partial charge in [0.15, 0.2) is 0 Å². The number of hydrogen-bond donors (Lipinski definition) is 2. The van der Waals surface area contributed by atoms with E-state index in [-0.39, 0.29) is 29.8 Å². The lowest BCUT2D eigenvalue weighted by Crippen LogP contribution is -2.30. The molecule has 0 saturated carbocycles. The van der Waals surface area contributed by atoms with Crippen LogP contribution in [0.2, 0.25) is 0 Å². The molecule has 0 heterocycles. The lowest BCUT2D eigenvalue weighted by molar-refractivity contribution is -0.115. The summed E-state index contributed by atoms with van der Waals surface area (Å²) < 4.78 is 29.2. The van der Waals surface area contributed by atoms with Crippen molar-refractivity contribution in [3.63, 3.8) is 0 Å². The molecule has 172 valence electrons. The Morgan fingerprint density at radius 1 is 0.788 bits per heavy atom. The Bertz CT molecular complexity index is 1200. The Hall–Kier alpha value is -3.01. The van der Waals surface area contributed by atoms with Crippen LogP contribution < -0.4 is 10.6 Å². The second-order valence-electron chi connectivity index (χ2n) is 7.49. The van der Waals surface area contributed by atoms with Crippen LogP contribution in [0.1, 0.15) is 25.0 Å². The van der Waals surface area contributed by atoms with E-state index in [4.69, 9.17) is 0 Å². The number of amides is 2. The molecule has 2 N–H and O–H groups in total. The molecule has 0 fully saturated rings. The van der Waals surface area contributed by atoms with E-state index in [1.54, 1.807) is 60.7 Å². The summed E-state index contributed by atoms with van der Waals surface area (Å²) in [5.74, 6) is -0.414. The third kappa shape index (κ3) is 6.98. The highest BCUT2D eigenvalue weighted by Crippen LogP contribution is 2.24. The highest BCUT2D eigenvalue weighted by Gasteiger charge is 2.25. The maximum Gasteiger partial charge on any atom is 0.243 e. The molecular weight excluding hydrogens is 506 g/mol. The van der Waals surface area contributed by atoms with E-state index < -0.39 is 10.0 Å². The Morgan fingerprint density at radius 2 is 1.24 bits per heavy atom. The van der Waals surface area contributed by atoms with E-state index in [0.717, 1.165) is 15.6 Å². The van der Waals surface area contributed by atoms with Gasteiger partial charge in [-0.25, -0.2) is 8.42 Å². The number of anilines is 2. The second-order valence-corrected chi connectivity index (χ2v) is 10.3. The van der Waals surface area contributed by atoms with Gasteiger partial charge in [-0.15, -0.1) is 0 Å². The van der Waals surface area contributed by atoms with Crippen LogP contribution in [0, 0.1) is 0 Å². The molecule has 0 bridgehead atoms. The molecule has 0 saturated heterocycles. The van der Waals surface area contributed by atoms with Crippen LogP contribution in [0.4, 0.5) is 11.4 Å². The summed E-state index contributed by atoms with van der Waals surface area (Å²) in [6.07, 6.45) is 0. The summed E-state index contributed by atoms with van der Waals surface area (Å²) in [7, 11) is -3.85. The first-order valence-electron chi connectivity index (χ1n) is 10.1. The van der Waals surface area contributed by atoms with Crippen molar-refractivity contribution in [1.82, 2.24) is 4.31 Å². The number of carbonyl (C=O) groups is 2. The van der Waals surface area contributed by atoms with Gasteiger partial charge in [-0.1, -0.05) is 40.2 Å². The molecule has 0 aliphatic rings. The van der Waals surface area contributed by atoms with Crippen LogP contribution in [0.25, 0.3) is 0 Å². The molecule has 0 aliphatic heterocycles. The first-order chi connectivity index (χ1) is 15.6. The van der Waals surface area contributed by atoms with Crippen LogP contribution >= 0.6 is 15.9 Å². The number of rotatable bonds is 8. The topological polar surface area (TPSA) is 95.6 Å². The molecular formula is C24H24BrN3O4S. The molecule has 33 heavy (non-hydrogen) atoms. The van der Waals surface area contributed by atoms with Crippen LogP contribution in [0.3, 0.4) is 0 Å². The largest absolute Gasteiger partial charge is 0.326 e. The molecule has 0 spiro atoms. The molecule has 0 unspecified atom stereocenters. The predicted octanol–water partition coefficient (Wildman–Crippen LogP) is 4.76. The zero-order valence-electron chi connectivity index (χ0n) is 18.2. The van der Waals surface area contributed by atoms with E-state index in [0.29, 0.717) is 11.4 Å². The average molecular weight is 530 g/mol. The summed E-state index contributed by atoms with van der Waals surface area (Å²) in [5.41, 5.74) is 2.63. The zero-order chi connectivity index (χ0) is 24.0. The van der Waals surface area contributed by atoms with Gasteiger partial charge in [0.1, 0.15) is 0 Å². The van der Waals surface area contributed by atoms with E-state index in [9.17, 15) is 18.0 Å². The zero-order valence-corrected chi connectivity index (χ0v) is 20.6. The van der Waals surface area contributed by atoms with Crippen LogP contribution in [0.15, 0.2) is 82.2 Å². The molecule has 0 atom stereocenters. The van der Waals surface area contributed by atoms with Crippen LogP contribution in [0.5, 0.6) is 0 Å². The number of nitrogens with zero attached hydrogens (tertiary/aromatic N) is 1. The van der Waals surface area contributed by atoms with Crippen molar-refractivity contribution in [1.29, 1.82) is 0 Å².